The highest BCUT2D eigenvalue weighted by molar-refractivity contribution is 6.99. The largest absolute Gasteiger partial charge is 0.407 e. The minimum Gasteiger partial charge on any atom is -0.407 e. The molecule has 0 unspecified atom stereocenters. The molecular weight excluding hydrogens is 589 g/mol. The molecule has 0 bridgehead atoms. The molecule has 0 N–H and O–H groups in total. The fourth-order valence-electron chi connectivity index (χ4n) is 6.06. The summed E-state index contributed by atoms with van der Waals surface area (Å²) in [6, 6.07) is 26.4. The number of hydrogen-bond acceptors (Lipinski definition) is 4. The summed E-state index contributed by atoms with van der Waals surface area (Å²) in [5, 5.41) is 2.45. The number of fused-ring (bicyclic) bond motifs is 1. The molecule has 0 atom stereocenters. The maximum Gasteiger partial charge on any atom is 0.261 e. The molecule has 0 saturated heterocycles. The van der Waals surface area contributed by atoms with Gasteiger partial charge in [0.1, 0.15) is 11.6 Å². The number of rotatable bonds is 10. The fraction of sp³-hybridized carbons (Fsp3) is 0.229. The van der Waals surface area contributed by atoms with Gasteiger partial charge in [0, 0.05) is 49.6 Å². The Balaban J connectivity index is 1.33. The minimum atomic E-state index is -2.67. The van der Waals surface area contributed by atoms with E-state index in [1.807, 2.05) is 17.0 Å². The fourth-order valence-corrected chi connectivity index (χ4v) is 10.8. The lowest BCUT2D eigenvalue weighted by Gasteiger charge is -2.43. The highest BCUT2D eigenvalue weighted by Gasteiger charge is 2.49. The third-order valence-electron chi connectivity index (χ3n) is 8.03. The van der Waals surface area contributed by atoms with Crippen molar-refractivity contribution >= 4 is 41.3 Å². The van der Waals surface area contributed by atoms with Gasteiger partial charge >= 0.3 is 0 Å². The second kappa shape index (κ2) is 12.5. The van der Waals surface area contributed by atoms with Crippen LogP contribution >= 0.6 is 11.6 Å². The van der Waals surface area contributed by atoms with E-state index >= 15 is 0 Å². The van der Waals surface area contributed by atoms with Crippen molar-refractivity contribution in [1.82, 2.24) is 24.1 Å². The Bertz CT molecular complexity index is 1810. The Morgan fingerprint density at radius 1 is 0.909 bits per heavy atom. The van der Waals surface area contributed by atoms with Gasteiger partial charge in [-0.1, -0.05) is 93.0 Å². The van der Waals surface area contributed by atoms with Gasteiger partial charge in [-0.3, -0.25) is 4.98 Å². The van der Waals surface area contributed by atoms with Gasteiger partial charge < -0.3 is 13.6 Å². The number of imidazole rings is 2. The van der Waals surface area contributed by atoms with E-state index in [4.69, 9.17) is 21.0 Å². The van der Waals surface area contributed by atoms with Crippen molar-refractivity contribution in [3.05, 3.63) is 126 Å². The van der Waals surface area contributed by atoms with E-state index in [0.717, 1.165) is 23.1 Å². The highest BCUT2D eigenvalue weighted by atomic mass is 35.5. The molecule has 0 fully saturated rings. The van der Waals surface area contributed by atoms with Crippen LogP contribution < -0.4 is 10.4 Å². The van der Waals surface area contributed by atoms with Crippen molar-refractivity contribution in [2.75, 3.05) is 6.61 Å². The number of nitrogens with zero attached hydrogens (tertiary/aromatic N) is 5. The molecule has 0 aliphatic rings. The van der Waals surface area contributed by atoms with Gasteiger partial charge in [-0.05, 0) is 39.5 Å². The first kappa shape index (κ1) is 29.9. The molecule has 6 rings (SSSR count). The monoisotopic (exact) mass is 623 g/mol. The van der Waals surface area contributed by atoms with Crippen LogP contribution in [0.25, 0.3) is 22.4 Å². The number of hydrogen-bond donors (Lipinski definition) is 0. The molecule has 6 nitrogen and oxygen atoms in total. The molecule has 0 amide bonds. The second-order valence-electron chi connectivity index (χ2n) is 12.0. The molecule has 0 aliphatic heterocycles. The topological polar surface area (TPSA) is 57.8 Å². The summed E-state index contributed by atoms with van der Waals surface area (Å²) in [6.45, 7) is 8.62. The lowest BCUT2D eigenvalue weighted by molar-refractivity contribution is 0.285. The average Bonchev–Trinajstić information content (AvgIpc) is 3.66. The van der Waals surface area contributed by atoms with E-state index in [9.17, 15) is 4.39 Å². The Morgan fingerprint density at radius 3 is 2.25 bits per heavy atom. The molecule has 6 aromatic rings. The number of aromatic nitrogens is 5. The Morgan fingerprint density at radius 2 is 1.61 bits per heavy atom. The van der Waals surface area contributed by atoms with E-state index < -0.39 is 14.1 Å². The van der Waals surface area contributed by atoms with Crippen molar-refractivity contribution in [3.8, 4) is 11.4 Å². The summed E-state index contributed by atoms with van der Waals surface area (Å²) >= 11 is 6.27. The van der Waals surface area contributed by atoms with Crippen LogP contribution in [0.4, 0.5) is 4.39 Å². The van der Waals surface area contributed by atoms with E-state index in [-0.39, 0.29) is 10.1 Å². The Hall–Kier alpha value is -4.11. The molecular formula is C35H35ClFN5OSi. The summed E-state index contributed by atoms with van der Waals surface area (Å²) in [6.07, 6.45) is 9.80. The molecule has 9 heteroatoms. The van der Waals surface area contributed by atoms with E-state index in [2.05, 4.69) is 102 Å². The first-order valence-electron chi connectivity index (χ1n) is 14.8. The van der Waals surface area contributed by atoms with Crippen molar-refractivity contribution in [2.24, 2.45) is 0 Å². The van der Waals surface area contributed by atoms with Crippen molar-refractivity contribution < 1.29 is 8.82 Å². The lowest BCUT2D eigenvalue weighted by Crippen LogP contribution is -2.66. The molecule has 44 heavy (non-hydrogen) atoms. The SMILES string of the molecule is CC(C)(C)[Si](OCCCn1c(-c2cncc(Cn3ccnc3)c2)nc2cc(F)c(Cl)cc21)(c1ccccc1)c1ccccc1. The van der Waals surface area contributed by atoms with Gasteiger partial charge in [-0.2, -0.15) is 0 Å². The van der Waals surface area contributed by atoms with Gasteiger partial charge in [0.25, 0.3) is 8.32 Å². The van der Waals surface area contributed by atoms with Crippen LogP contribution in [0.5, 0.6) is 0 Å². The van der Waals surface area contributed by atoms with E-state index in [1.54, 1.807) is 24.8 Å². The van der Waals surface area contributed by atoms with Crippen LogP contribution in [0.3, 0.4) is 0 Å². The molecule has 0 saturated carbocycles. The van der Waals surface area contributed by atoms with E-state index in [1.165, 1.54) is 16.4 Å². The van der Waals surface area contributed by atoms with Gasteiger partial charge in [-0.15, -0.1) is 0 Å². The quantitative estimate of drug-likeness (QED) is 0.121. The highest BCUT2D eigenvalue weighted by Crippen LogP contribution is 2.37. The maximum absolute atomic E-state index is 14.5. The molecule has 0 radical (unpaired) electrons. The number of halogens is 2. The van der Waals surface area contributed by atoms with Crippen LogP contribution in [0.2, 0.25) is 10.1 Å². The van der Waals surface area contributed by atoms with Crippen LogP contribution in [-0.2, 0) is 17.5 Å². The Labute approximate surface area is 263 Å². The first-order chi connectivity index (χ1) is 21.3. The summed E-state index contributed by atoms with van der Waals surface area (Å²) in [5.74, 6) is 0.226. The molecule has 3 heterocycles. The van der Waals surface area contributed by atoms with Gasteiger partial charge in [0.05, 0.1) is 28.9 Å². The smallest absolute Gasteiger partial charge is 0.261 e. The lowest BCUT2D eigenvalue weighted by atomic mass is 10.2. The summed E-state index contributed by atoms with van der Waals surface area (Å²) in [7, 11) is -2.67. The molecule has 0 spiro atoms. The predicted octanol–water partition coefficient (Wildman–Crippen LogP) is 7.10. The van der Waals surface area contributed by atoms with E-state index in [0.29, 0.717) is 31.0 Å². The first-order valence-corrected chi connectivity index (χ1v) is 17.1. The normalized spacial score (nSPS) is 12.2. The second-order valence-corrected chi connectivity index (χ2v) is 16.7. The zero-order chi connectivity index (χ0) is 30.7. The molecule has 224 valence electrons. The van der Waals surface area contributed by atoms with Crippen LogP contribution in [0, 0.1) is 5.82 Å². The van der Waals surface area contributed by atoms with Crippen molar-refractivity contribution in [1.29, 1.82) is 0 Å². The van der Waals surface area contributed by atoms with Crippen LogP contribution in [0.1, 0.15) is 32.8 Å². The third kappa shape index (κ3) is 5.85. The van der Waals surface area contributed by atoms with Gasteiger partial charge in [0.15, 0.2) is 0 Å². The third-order valence-corrected chi connectivity index (χ3v) is 13.4. The Kier molecular flexibility index (Phi) is 8.49. The minimum absolute atomic E-state index is 0.0701. The van der Waals surface area contributed by atoms with Crippen molar-refractivity contribution in [3.63, 3.8) is 0 Å². The summed E-state index contributed by atoms with van der Waals surface area (Å²) < 4.78 is 25.8. The number of pyridine rings is 1. The zero-order valence-electron chi connectivity index (χ0n) is 25.1. The molecule has 3 aromatic heterocycles. The predicted molar refractivity (Wildman–Crippen MR) is 177 cm³/mol. The summed E-state index contributed by atoms with van der Waals surface area (Å²) in [4.78, 5) is 13.5. The summed E-state index contributed by atoms with van der Waals surface area (Å²) in [5.41, 5.74) is 3.19. The number of benzene rings is 3. The van der Waals surface area contributed by atoms with Crippen LogP contribution in [0.15, 0.2) is 110 Å². The molecule has 0 aliphatic carbocycles. The molecule has 3 aromatic carbocycles. The zero-order valence-corrected chi connectivity index (χ0v) is 26.9. The van der Waals surface area contributed by atoms with Gasteiger partial charge in [-0.25, -0.2) is 14.4 Å². The van der Waals surface area contributed by atoms with Crippen molar-refractivity contribution in [2.45, 2.75) is 45.3 Å². The van der Waals surface area contributed by atoms with Crippen LogP contribution in [-0.4, -0.2) is 39.0 Å². The number of aryl methyl sites for hydroxylation is 1. The maximum atomic E-state index is 14.5. The van der Waals surface area contributed by atoms with Gasteiger partial charge in [0.2, 0.25) is 0 Å². The average molecular weight is 624 g/mol. The standard InChI is InChI=1S/C35H35ClFN5OSi/c1-35(2,3)44(28-11-6-4-7-12-28,29-13-8-5-9-14-29)43-18-10-16-42-33-20-30(36)31(37)21-32(33)40-34(42)27-19-26(22-39-23-27)24-41-17-15-38-25-41/h4-9,11-15,17,19-23,25H,10,16,18,24H2,1-3H3.